The Morgan fingerprint density at radius 2 is 1.95 bits per heavy atom. The van der Waals surface area contributed by atoms with Crippen LogP contribution in [0.15, 0.2) is 12.7 Å². The van der Waals surface area contributed by atoms with Crippen LogP contribution in [0.3, 0.4) is 0 Å². The van der Waals surface area contributed by atoms with E-state index in [4.69, 9.17) is 4.74 Å². The van der Waals surface area contributed by atoms with E-state index in [0.29, 0.717) is 10.8 Å². The predicted octanol–water partition coefficient (Wildman–Crippen LogP) is 4.74. The first-order valence-electron chi connectivity index (χ1n) is 8.71. The van der Waals surface area contributed by atoms with Crippen LogP contribution < -0.4 is 0 Å². The van der Waals surface area contributed by atoms with Gasteiger partial charge in [-0.15, -0.1) is 0 Å². The largest absolute Gasteiger partial charge is 0.459 e. The van der Waals surface area contributed by atoms with Crippen molar-refractivity contribution in [1.29, 1.82) is 0 Å². The summed E-state index contributed by atoms with van der Waals surface area (Å²) in [6.07, 6.45) is 10.3. The summed E-state index contributed by atoms with van der Waals surface area (Å²) in [6.45, 7) is 11.0. The highest BCUT2D eigenvalue weighted by atomic mass is 16.5. The molecule has 118 valence electrons. The van der Waals surface area contributed by atoms with E-state index in [0.717, 1.165) is 30.6 Å². The average molecular weight is 290 g/mol. The second-order valence-corrected chi connectivity index (χ2v) is 8.41. The monoisotopic (exact) mass is 290 g/mol. The molecule has 0 aromatic carbocycles. The van der Waals surface area contributed by atoms with E-state index in [1.807, 2.05) is 0 Å². The van der Waals surface area contributed by atoms with Crippen LogP contribution in [0.1, 0.15) is 65.7 Å². The molecule has 3 fully saturated rings. The summed E-state index contributed by atoms with van der Waals surface area (Å²) < 4.78 is 5.54. The van der Waals surface area contributed by atoms with Crippen molar-refractivity contribution in [3.63, 3.8) is 0 Å². The molecule has 5 atom stereocenters. The minimum absolute atomic E-state index is 0.125. The SMILES string of the molecule is C=CC(=O)O[C@H]1CCC[C@@H]([C@@H]2C[C@H]3CC[C@@]2(C)C3(C)C)C1. The lowest BCUT2D eigenvalue weighted by Gasteiger charge is -2.45. The molecule has 0 amide bonds. The van der Waals surface area contributed by atoms with Crippen molar-refractivity contribution in [2.24, 2.45) is 28.6 Å². The summed E-state index contributed by atoms with van der Waals surface area (Å²) in [4.78, 5) is 11.5. The van der Waals surface area contributed by atoms with E-state index in [-0.39, 0.29) is 12.1 Å². The number of esters is 1. The number of carbonyl (C=O) groups is 1. The molecule has 2 bridgehead atoms. The first kappa shape index (κ1) is 15.1. The maximum Gasteiger partial charge on any atom is 0.330 e. The fraction of sp³-hybridized carbons (Fsp3) is 0.842. The third kappa shape index (κ3) is 2.26. The Kier molecular flexibility index (Phi) is 3.70. The highest BCUT2D eigenvalue weighted by Gasteiger charge is 2.62. The second-order valence-electron chi connectivity index (χ2n) is 8.41. The smallest absolute Gasteiger partial charge is 0.330 e. The highest BCUT2D eigenvalue weighted by molar-refractivity contribution is 5.81. The van der Waals surface area contributed by atoms with Crippen molar-refractivity contribution in [2.45, 2.75) is 71.8 Å². The summed E-state index contributed by atoms with van der Waals surface area (Å²) in [5, 5.41) is 0. The first-order chi connectivity index (χ1) is 9.88. The molecule has 0 saturated heterocycles. The Hall–Kier alpha value is -0.790. The molecule has 0 unspecified atom stereocenters. The molecular formula is C19H30O2. The summed E-state index contributed by atoms with van der Waals surface area (Å²) in [5.74, 6) is 2.23. The van der Waals surface area contributed by atoms with Crippen molar-refractivity contribution in [3.05, 3.63) is 12.7 Å². The Bertz CT molecular complexity index is 439. The average Bonchev–Trinajstić information content (AvgIpc) is 2.80. The molecule has 0 aliphatic heterocycles. The zero-order valence-corrected chi connectivity index (χ0v) is 13.9. The van der Waals surface area contributed by atoms with Crippen molar-refractivity contribution in [3.8, 4) is 0 Å². The van der Waals surface area contributed by atoms with Crippen molar-refractivity contribution < 1.29 is 9.53 Å². The summed E-state index contributed by atoms with van der Waals surface area (Å²) in [6, 6.07) is 0. The van der Waals surface area contributed by atoms with Gasteiger partial charge in [0.25, 0.3) is 0 Å². The van der Waals surface area contributed by atoms with Gasteiger partial charge in [-0.1, -0.05) is 27.4 Å². The van der Waals surface area contributed by atoms with E-state index < -0.39 is 0 Å². The Morgan fingerprint density at radius 3 is 2.52 bits per heavy atom. The Morgan fingerprint density at radius 1 is 1.19 bits per heavy atom. The third-order valence-electron chi connectivity index (χ3n) is 7.55. The van der Waals surface area contributed by atoms with E-state index in [9.17, 15) is 4.79 Å². The predicted molar refractivity (Wildman–Crippen MR) is 84.8 cm³/mol. The minimum Gasteiger partial charge on any atom is -0.459 e. The normalized spacial score (nSPS) is 44.5. The maximum absolute atomic E-state index is 11.5. The molecule has 3 aliphatic carbocycles. The van der Waals surface area contributed by atoms with Crippen LogP contribution in [0.4, 0.5) is 0 Å². The van der Waals surface area contributed by atoms with E-state index >= 15 is 0 Å². The van der Waals surface area contributed by atoms with Crippen molar-refractivity contribution in [2.75, 3.05) is 0 Å². The van der Waals surface area contributed by atoms with Crippen LogP contribution >= 0.6 is 0 Å². The van der Waals surface area contributed by atoms with Crippen LogP contribution in [-0.4, -0.2) is 12.1 Å². The summed E-state index contributed by atoms with van der Waals surface area (Å²) in [7, 11) is 0. The number of hydrogen-bond donors (Lipinski definition) is 0. The number of hydrogen-bond acceptors (Lipinski definition) is 2. The molecule has 3 saturated carbocycles. The fourth-order valence-electron chi connectivity index (χ4n) is 5.84. The standard InChI is InChI=1S/C19H30O2/c1-5-17(20)21-15-8-6-7-13(11-15)16-12-14-9-10-19(16,4)18(14,2)3/h5,13-16H,1,6-12H2,2-4H3/t13-,14-,15+,16+,19-/m1/s1. The van der Waals surface area contributed by atoms with E-state index in [2.05, 4.69) is 27.4 Å². The third-order valence-corrected chi connectivity index (χ3v) is 7.55. The molecule has 21 heavy (non-hydrogen) atoms. The topological polar surface area (TPSA) is 26.3 Å². The first-order valence-corrected chi connectivity index (χ1v) is 8.71. The second kappa shape index (κ2) is 5.14. The molecule has 2 nitrogen and oxygen atoms in total. The van der Waals surface area contributed by atoms with Crippen molar-refractivity contribution in [1.82, 2.24) is 0 Å². The highest BCUT2D eigenvalue weighted by Crippen LogP contribution is 2.70. The number of ether oxygens (including phenoxy) is 1. The van der Waals surface area contributed by atoms with Crippen LogP contribution in [0, 0.1) is 28.6 Å². The van der Waals surface area contributed by atoms with Gasteiger partial charge < -0.3 is 4.74 Å². The van der Waals surface area contributed by atoms with Crippen LogP contribution in [-0.2, 0) is 9.53 Å². The molecule has 0 aromatic heterocycles. The number of fused-ring (bicyclic) bond motifs is 2. The zero-order valence-electron chi connectivity index (χ0n) is 13.9. The van der Waals surface area contributed by atoms with Gasteiger partial charge in [-0.2, -0.15) is 0 Å². The van der Waals surface area contributed by atoms with Gasteiger partial charge in [0.1, 0.15) is 6.10 Å². The molecule has 0 spiro atoms. The zero-order chi connectivity index (χ0) is 15.3. The maximum atomic E-state index is 11.5. The molecule has 0 N–H and O–H groups in total. The number of carbonyl (C=O) groups excluding carboxylic acids is 1. The van der Waals surface area contributed by atoms with Gasteiger partial charge in [-0.05, 0) is 73.5 Å². The quantitative estimate of drug-likeness (QED) is 0.554. The van der Waals surface area contributed by atoms with Gasteiger partial charge in [-0.3, -0.25) is 0 Å². The molecular weight excluding hydrogens is 260 g/mol. The Balaban J connectivity index is 1.70. The van der Waals surface area contributed by atoms with E-state index in [1.54, 1.807) is 0 Å². The molecule has 0 radical (unpaired) electrons. The van der Waals surface area contributed by atoms with Gasteiger partial charge in [0, 0.05) is 6.08 Å². The number of rotatable bonds is 3. The molecule has 0 heterocycles. The van der Waals surface area contributed by atoms with Gasteiger partial charge >= 0.3 is 5.97 Å². The molecule has 3 aliphatic rings. The van der Waals surface area contributed by atoms with Crippen LogP contribution in [0.25, 0.3) is 0 Å². The molecule has 0 aromatic rings. The van der Waals surface area contributed by atoms with Crippen molar-refractivity contribution >= 4 is 5.97 Å². The lowest BCUT2D eigenvalue weighted by molar-refractivity contribution is -0.146. The summed E-state index contributed by atoms with van der Waals surface area (Å²) in [5.41, 5.74) is 0.981. The van der Waals surface area contributed by atoms with Gasteiger partial charge in [0.05, 0.1) is 0 Å². The van der Waals surface area contributed by atoms with E-state index in [1.165, 1.54) is 38.2 Å². The van der Waals surface area contributed by atoms with Gasteiger partial charge in [0.15, 0.2) is 0 Å². The Labute approximate surface area is 129 Å². The van der Waals surface area contributed by atoms with Crippen LogP contribution in [0.2, 0.25) is 0 Å². The van der Waals surface area contributed by atoms with Gasteiger partial charge in [0.2, 0.25) is 0 Å². The minimum atomic E-state index is -0.250. The van der Waals surface area contributed by atoms with Crippen LogP contribution in [0.5, 0.6) is 0 Å². The molecule has 2 heteroatoms. The lowest BCUT2D eigenvalue weighted by Crippen LogP contribution is -2.38. The fourth-order valence-corrected chi connectivity index (χ4v) is 5.84. The lowest BCUT2D eigenvalue weighted by atomic mass is 9.61. The van der Waals surface area contributed by atoms with Gasteiger partial charge in [-0.25, -0.2) is 4.79 Å². The molecule has 3 rings (SSSR count). The summed E-state index contributed by atoms with van der Waals surface area (Å²) >= 11 is 0.